The second kappa shape index (κ2) is 8.48. The van der Waals surface area contributed by atoms with Gasteiger partial charge in [-0.2, -0.15) is 0 Å². The minimum Gasteiger partial charge on any atom is -0.353 e. The highest BCUT2D eigenvalue weighted by Gasteiger charge is 2.58. The molecule has 0 spiro atoms. The van der Waals surface area contributed by atoms with Crippen molar-refractivity contribution in [2.45, 2.75) is 116 Å². The first-order valence-electron chi connectivity index (χ1n) is 15.5. The summed E-state index contributed by atoms with van der Waals surface area (Å²) in [5.41, 5.74) is -0.0915. The maximum Gasteiger partial charge on any atom is 0.233 e. The van der Waals surface area contributed by atoms with Gasteiger partial charge in [-0.3, -0.25) is 9.59 Å². The van der Waals surface area contributed by atoms with Gasteiger partial charge in [-0.25, -0.2) is 0 Å². The Labute approximate surface area is 212 Å². The Morgan fingerprint density at radius 3 is 1.37 bits per heavy atom. The second-order valence-corrected chi connectivity index (χ2v) is 15.0. The van der Waals surface area contributed by atoms with Crippen LogP contribution >= 0.6 is 0 Å². The quantitative estimate of drug-likeness (QED) is 0.459. The first-order chi connectivity index (χ1) is 16.9. The molecule has 1 unspecified atom stereocenters. The molecule has 0 aromatic heterocycles. The highest BCUT2D eigenvalue weighted by Crippen LogP contribution is 2.63. The van der Waals surface area contributed by atoms with Gasteiger partial charge in [0.15, 0.2) is 0 Å². The second-order valence-electron chi connectivity index (χ2n) is 15.0. The third-order valence-electron chi connectivity index (χ3n) is 12.8. The number of rotatable bonds is 7. The van der Waals surface area contributed by atoms with Crippen molar-refractivity contribution in [3.05, 3.63) is 0 Å². The standard InChI is InChI=1S/C31H48N2O2/c1-17(26-12-19-3-5-24(26)10-19)32-29(34)28(31-14-21-7-22(15-31)9-23(8-21)16-31)30(35)33-18(2)27-13-20-4-6-25(27)11-20/h17-28H,3-16H2,1-2H3,(H,32,34)(H,33,35)/t17-,18+,19-,20-,21?,22?,23?,24-,25-,26+,27+,28?,31?/m0/s1. The number of carbonyl (C=O) groups is 2. The lowest BCUT2D eigenvalue weighted by Crippen LogP contribution is -2.59. The zero-order valence-corrected chi connectivity index (χ0v) is 22.1. The van der Waals surface area contributed by atoms with Gasteiger partial charge in [0.1, 0.15) is 5.92 Å². The zero-order valence-electron chi connectivity index (χ0n) is 22.1. The van der Waals surface area contributed by atoms with Crippen LogP contribution in [0.1, 0.15) is 104 Å². The van der Waals surface area contributed by atoms with Gasteiger partial charge in [0.2, 0.25) is 11.8 Å². The van der Waals surface area contributed by atoms with E-state index in [0.717, 1.165) is 60.7 Å². The monoisotopic (exact) mass is 480 g/mol. The van der Waals surface area contributed by atoms with Crippen LogP contribution in [-0.2, 0) is 9.59 Å². The number of carbonyl (C=O) groups excluding carboxylic acids is 2. The van der Waals surface area contributed by atoms with Gasteiger partial charge in [-0.05, 0) is 150 Å². The summed E-state index contributed by atoms with van der Waals surface area (Å²) in [6.07, 6.45) is 18.1. The minimum atomic E-state index is -0.488. The molecule has 8 fully saturated rings. The molecular formula is C31H48N2O2. The fraction of sp³-hybridized carbons (Fsp3) is 0.935. The van der Waals surface area contributed by atoms with Crippen LogP contribution in [0, 0.1) is 64.6 Å². The molecule has 194 valence electrons. The van der Waals surface area contributed by atoms with Crippen LogP contribution in [0.4, 0.5) is 0 Å². The van der Waals surface area contributed by atoms with Gasteiger partial charge in [0, 0.05) is 12.1 Å². The fourth-order valence-electron chi connectivity index (χ4n) is 11.8. The number of amides is 2. The Balaban J connectivity index is 1.11. The summed E-state index contributed by atoms with van der Waals surface area (Å²) in [6.45, 7) is 4.46. The molecule has 0 saturated heterocycles. The van der Waals surface area contributed by atoms with E-state index in [0.29, 0.717) is 11.8 Å². The van der Waals surface area contributed by atoms with Gasteiger partial charge in [-0.15, -0.1) is 0 Å². The van der Waals surface area contributed by atoms with Crippen LogP contribution in [0.3, 0.4) is 0 Å². The molecule has 4 nitrogen and oxygen atoms in total. The predicted molar refractivity (Wildman–Crippen MR) is 137 cm³/mol. The van der Waals surface area contributed by atoms with Crippen molar-refractivity contribution in [1.82, 2.24) is 10.6 Å². The summed E-state index contributed by atoms with van der Waals surface area (Å²) in [7, 11) is 0. The van der Waals surface area contributed by atoms with E-state index >= 15 is 0 Å². The van der Waals surface area contributed by atoms with E-state index in [2.05, 4.69) is 24.5 Å². The van der Waals surface area contributed by atoms with E-state index < -0.39 is 5.92 Å². The lowest BCUT2D eigenvalue weighted by Gasteiger charge is -2.58. The summed E-state index contributed by atoms with van der Waals surface area (Å²) in [5.74, 6) is 6.47. The maximum absolute atomic E-state index is 14.1. The zero-order chi connectivity index (χ0) is 23.9. The number of hydrogen-bond donors (Lipinski definition) is 2. The van der Waals surface area contributed by atoms with Crippen LogP contribution in [0.2, 0.25) is 0 Å². The number of fused-ring (bicyclic) bond motifs is 4. The summed E-state index contributed by atoms with van der Waals surface area (Å²) in [5, 5.41) is 6.97. The van der Waals surface area contributed by atoms with Crippen LogP contribution < -0.4 is 10.6 Å². The Morgan fingerprint density at radius 1 is 0.600 bits per heavy atom. The third-order valence-corrected chi connectivity index (χ3v) is 12.8. The lowest BCUT2D eigenvalue weighted by atomic mass is 9.46. The van der Waals surface area contributed by atoms with Crippen molar-refractivity contribution in [2.24, 2.45) is 64.6 Å². The molecule has 9 atom stereocenters. The molecule has 8 aliphatic carbocycles. The SMILES string of the molecule is C[C@H](NC(=O)C(C(=O)N[C@H](C)[C@H]1C[C@H]2CC[C@H]1C2)C12CC3CC(CC(C3)C1)C2)[C@H]1C[C@H]2CC[C@H]1C2. The molecule has 4 heteroatoms. The molecule has 0 aromatic rings. The molecule has 2 amide bonds. The molecular weight excluding hydrogens is 432 g/mol. The molecule has 0 radical (unpaired) electrons. The van der Waals surface area contributed by atoms with E-state index in [4.69, 9.17) is 0 Å². The average Bonchev–Trinajstić information content (AvgIpc) is 3.59. The number of hydrogen-bond acceptors (Lipinski definition) is 2. The van der Waals surface area contributed by atoms with E-state index in [1.807, 2.05) is 0 Å². The van der Waals surface area contributed by atoms with E-state index in [-0.39, 0.29) is 29.3 Å². The highest BCUT2D eigenvalue weighted by atomic mass is 16.2. The van der Waals surface area contributed by atoms with E-state index in [9.17, 15) is 9.59 Å². The molecule has 0 heterocycles. The maximum atomic E-state index is 14.1. The van der Waals surface area contributed by atoms with Crippen molar-refractivity contribution in [2.75, 3.05) is 0 Å². The van der Waals surface area contributed by atoms with Gasteiger partial charge >= 0.3 is 0 Å². The number of nitrogens with one attached hydrogen (secondary N) is 2. The topological polar surface area (TPSA) is 58.2 Å². The van der Waals surface area contributed by atoms with Crippen LogP contribution in [0.25, 0.3) is 0 Å². The largest absolute Gasteiger partial charge is 0.353 e. The smallest absolute Gasteiger partial charge is 0.233 e. The van der Waals surface area contributed by atoms with Gasteiger partial charge < -0.3 is 10.6 Å². The van der Waals surface area contributed by atoms with Crippen molar-refractivity contribution in [1.29, 1.82) is 0 Å². The van der Waals surface area contributed by atoms with Gasteiger partial charge in [0.05, 0.1) is 0 Å². The summed E-state index contributed by atoms with van der Waals surface area (Å²) < 4.78 is 0. The predicted octanol–water partition coefficient (Wildman–Crippen LogP) is 5.70. The molecule has 8 bridgehead atoms. The first-order valence-corrected chi connectivity index (χ1v) is 15.5. The average molecular weight is 481 g/mol. The molecule has 8 aliphatic rings. The molecule has 0 aliphatic heterocycles. The molecule has 8 saturated carbocycles. The molecule has 0 aromatic carbocycles. The highest BCUT2D eigenvalue weighted by molar-refractivity contribution is 6.01. The van der Waals surface area contributed by atoms with Crippen molar-refractivity contribution < 1.29 is 9.59 Å². The van der Waals surface area contributed by atoms with Crippen LogP contribution in [0.15, 0.2) is 0 Å². The van der Waals surface area contributed by atoms with Crippen LogP contribution in [0.5, 0.6) is 0 Å². The van der Waals surface area contributed by atoms with Crippen molar-refractivity contribution in [3.63, 3.8) is 0 Å². The van der Waals surface area contributed by atoms with Gasteiger partial charge in [-0.1, -0.05) is 12.8 Å². The Morgan fingerprint density at radius 2 is 1.03 bits per heavy atom. The Hall–Kier alpha value is -1.06. The molecule has 35 heavy (non-hydrogen) atoms. The van der Waals surface area contributed by atoms with E-state index in [1.165, 1.54) is 70.6 Å². The summed E-state index contributed by atoms with van der Waals surface area (Å²) >= 11 is 0. The Bertz CT molecular complexity index is 785. The molecule has 2 N–H and O–H groups in total. The summed E-state index contributed by atoms with van der Waals surface area (Å²) in [4.78, 5) is 28.3. The molecule has 8 rings (SSSR count). The third kappa shape index (κ3) is 3.90. The van der Waals surface area contributed by atoms with E-state index in [1.54, 1.807) is 0 Å². The summed E-state index contributed by atoms with van der Waals surface area (Å²) in [6, 6.07) is 0.398. The first kappa shape index (κ1) is 23.1. The normalized spacial score (nSPS) is 49.3. The minimum absolute atomic E-state index is 0.0693. The lowest BCUT2D eigenvalue weighted by molar-refractivity contribution is -0.154. The van der Waals surface area contributed by atoms with Gasteiger partial charge in [0.25, 0.3) is 0 Å². The van der Waals surface area contributed by atoms with Crippen molar-refractivity contribution in [3.8, 4) is 0 Å². The fourth-order valence-corrected chi connectivity index (χ4v) is 11.8. The van der Waals surface area contributed by atoms with Crippen molar-refractivity contribution >= 4 is 11.8 Å². The Kier molecular flexibility index (Phi) is 5.60. The van der Waals surface area contributed by atoms with Crippen LogP contribution in [-0.4, -0.2) is 23.9 Å².